The molecule has 5 heteroatoms. The molecule has 0 bridgehead atoms. The molecule has 1 amide bonds. The predicted molar refractivity (Wildman–Crippen MR) is 69.1 cm³/mol. The van der Waals surface area contributed by atoms with Crippen LogP contribution in [0.25, 0.3) is 0 Å². The summed E-state index contributed by atoms with van der Waals surface area (Å²) in [7, 11) is 1.57. The zero-order chi connectivity index (χ0) is 14.2. The summed E-state index contributed by atoms with van der Waals surface area (Å²) in [5, 5.41) is 12.0. The molecule has 2 unspecified atom stereocenters. The Balaban J connectivity index is 2.43. The number of nitrogens with one attached hydrogen (secondary N) is 1. The van der Waals surface area contributed by atoms with Crippen molar-refractivity contribution < 1.29 is 19.4 Å². The fourth-order valence-corrected chi connectivity index (χ4v) is 2.72. The summed E-state index contributed by atoms with van der Waals surface area (Å²) in [4.78, 5) is 23.1. The Kier molecular flexibility index (Phi) is 3.22. The summed E-state index contributed by atoms with van der Waals surface area (Å²) < 4.78 is 5.08. The lowest BCUT2D eigenvalue weighted by molar-refractivity contribution is -0.145. The van der Waals surface area contributed by atoms with Crippen LogP contribution < -0.4 is 10.1 Å². The highest BCUT2D eigenvalue weighted by atomic mass is 16.5. The number of ether oxygens (including phenoxy) is 1. The van der Waals surface area contributed by atoms with E-state index in [4.69, 9.17) is 4.74 Å². The number of hydrogen-bond acceptors (Lipinski definition) is 3. The van der Waals surface area contributed by atoms with Gasteiger partial charge in [0.2, 0.25) is 5.91 Å². The van der Waals surface area contributed by atoms with Crippen LogP contribution in [-0.2, 0) is 9.59 Å². The van der Waals surface area contributed by atoms with E-state index in [-0.39, 0.29) is 0 Å². The molecule has 1 aromatic carbocycles. The van der Waals surface area contributed by atoms with Gasteiger partial charge < -0.3 is 15.2 Å². The Morgan fingerprint density at radius 1 is 1.32 bits per heavy atom. The maximum atomic E-state index is 11.8. The first-order valence-electron chi connectivity index (χ1n) is 6.05. The third kappa shape index (κ3) is 2.28. The molecule has 0 radical (unpaired) electrons. The van der Waals surface area contributed by atoms with Crippen LogP contribution in [0.1, 0.15) is 25.3 Å². The first-order valence-corrected chi connectivity index (χ1v) is 6.05. The van der Waals surface area contributed by atoms with E-state index in [9.17, 15) is 14.7 Å². The van der Waals surface area contributed by atoms with Gasteiger partial charge in [0.05, 0.1) is 7.11 Å². The zero-order valence-electron chi connectivity index (χ0n) is 11.1. The summed E-state index contributed by atoms with van der Waals surface area (Å²) in [5.74, 6) is -2.28. The highest BCUT2D eigenvalue weighted by molar-refractivity contribution is 6.00. The van der Waals surface area contributed by atoms with Crippen LogP contribution in [0.5, 0.6) is 5.75 Å². The van der Waals surface area contributed by atoms with Gasteiger partial charge in [0, 0.05) is 11.5 Å². The molecule has 2 N–H and O–H groups in total. The normalized spacial score (nSPS) is 24.9. The van der Waals surface area contributed by atoms with Crippen molar-refractivity contribution in [3.63, 3.8) is 0 Å². The molecule has 1 saturated heterocycles. The SMILES string of the molecule is COc1ccc(C2C(C(=O)O)C(=O)NC2(C)C)cc1. The largest absolute Gasteiger partial charge is 0.497 e. The summed E-state index contributed by atoms with van der Waals surface area (Å²) in [6, 6.07) is 7.16. The van der Waals surface area contributed by atoms with Crippen molar-refractivity contribution >= 4 is 11.9 Å². The first kappa shape index (κ1) is 13.4. The number of rotatable bonds is 3. The average Bonchev–Trinajstić information content (AvgIpc) is 2.58. The number of hydrogen-bond donors (Lipinski definition) is 2. The average molecular weight is 263 g/mol. The number of carbonyl (C=O) groups excluding carboxylic acids is 1. The summed E-state index contributed by atoms with van der Waals surface area (Å²) >= 11 is 0. The molecule has 1 heterocycles. The lowest BCUT2D eigenvalue weighted by Gasteiger charge is -2.28. The Bertz CT molecular complexity index is 507. The molecule has 0 spiro atoms. The van der Waals surface area contributed by atoms with Crippen LogP contribution >= 0.6 is 0 Å². The van der Waals surface area contributed by atoms with Crippen LogP contribution in [0.3, 0.4) is 0 Å². The van der Waals surface area contributed by atoms with Crippen LogP contribution in [0.2, 0.25) is 0 Å². The summed E-state index contributed by atoms with van der Waals surface area (Å²) in [5.41, 5.74) is 0.228. The number of benzene rings is 1. The van der Waals surface area contributed by atoms with Gasteiger partial charge in [-0.1, -0.05) is 12.1 Å². The van der Waals surface area contributed by atoms with E-state index in [1.54, 1.807) is 19.2 Å². The van der Waals surface area contributed by atoms with E-state index in [1.165, 1.54) is 0 Å². The number of methoxy groups -OCH3 is 1. The number of amides is 1. The molecule has 1 aliphatic heterocycles. The molecule has 102 valence electrons. The van der Waals surface area contributed by atoms with Crippen molar-refractivity contribution in [1.29, 1.82) is 0 Å². The van der Waals surface area contributed by atoms with E-state index in [2.05, 4.69) is 5.32 Å². The second-order valence-corrected chi connectivity index (χ2v) is 5.28. The van der Waals surface area contributed by atoms with Crippen molar-refractivity contribution in [2.24, 2.45) is 5.92 Å². The van der Waals surface area contributed by atoms with Gasteiger partial charge in [-0.25, -0.2) is 0 Å². The number of aliphatic carboxylic acids is 1. The maximum absolute atomic E-state index is 11.8. The molecule has 1 fully saturated rings. The number of carboxylic acid groups (broad SMARTS) is 1. The lowest BCUT2D eigenvalue weighted by Crippen LogP contribution is -2.38. The number of carboxylic acids is 1. The van der Waals surface area contributed by atoms with Gasteiger partial charge in [0.25, 0.3) is 0 Å². The quantitative estimate of drug-likeness (QED) is 0.808. The van der Waals surface area contributed by atoms with Gasteiger partial charge in [-0.3, -0.25) is 9.59 Å². The Hall–Kier alpha value is -2.04. The smallest absolute Gasteiger partial charge is 0.316 e. The maximum Gasteiger partial charge on any atom is 0.316 e. The minimum atomic E-state index is -1.09. The zero-order valence-corrected chi connectivity index (χ0v) is 11.1. The van der Waals surface area contributed by atoms with Gasteiger partial charge in [0.1, 0.15) is 11.7 Å². The highest BCUT2D eigenvalue weighted by Gasteiger charge is 2.51. The second kappa shape index (κ2) is 4.57. The molecule has 0 aliphatic carbocycles. The molecule has 0 saturated carbocycles. The predicted octanol–water partition coefficient (Wildman–Crippen LogP) is 1.39. The first-order chi connectivity index (χ1) is 8.86. The van der Waals surface area contributed by atoms with Gasteiger partial charge in [-0.15, -0.1) is 0 Å². The fraction of sp³-hybridized carbons (Fsp3) is 0.429. The molecule has 2 atom stereocenters. The van der Waals surface area contributed by atoms with Crippen molar-refractivity contribution in [2.45, 2.75) is 25.3 Å². The van der Waals surface area contributed by atoms with Gasteiger partial charge >= 0.3 is 5.97 Å². The molecule has 19 heavy (non-hydrogen) atoms. The second-order valence-electron chi connectivity index (χ2n) is 5.28. The van der Waals surface area contributed by atoms with Crippen LogP contribution in [-0.4, -0.2) is 29.6 Å². The van der Waals surface area contributed by atoms with E-state index < -0.39 is 29.3 Å². The van der Waals surface area contributed by atoms with Crippen molar-refractivity contribution in [2.75, 3.05) is 7.11 Å². The highest BCUT2D eigenvalue weighted by Crippen LogP contribution is 2.40. The summed E-state index contributed by atoms with van der Waals surface area (Å²) in [6.45, 7) is 3.67. The van der Waals surface area contributed by atoms with E-state index in [0.717, 1.165) is 5.56 Å². The molecule has 1 aromatic rings. The van der Waals surface area contributed by atoms with E-state index in [1.807, 2.05) is 26.0 Å². The third-order valence-electron chi connectivity index (χ3n) is 3.58. The molecular formula is C14H17NO4. The van der Waals surface area contributed by atoms with E-state index >= 15 is 0 Å². The van der Waals surface area contributed by atoms with Crippen molar-refractivity contribution in [1.82, 2.24) is 5.32 Å². The van der Waals surface area contributed by atoms with Gasteiger partial charge in [-0.2, -0.15) is 0 Å². The standard InChI is InChI=1S/C14H17NO4/c1-14(2)11(10(13(17)18)12(16)15-14)8-4-6-9(19-3)7-5-8/h4-7,10-11H,1-3H3,(H,15,16)(H,17,18). The van der Waals surface area contributed by atoms with Gasteiger partial charge in [-0.05, 0) is 31.5 Å². The lowest BCUT2D eigenvalue weighted by atomic mass is 9.77. The molecular weight excluding hydrogens is 246 g/mol. The molecule has 0 aromatic heterocycles. The Morgan fingerprint density at radius 2 is 1.89 bits per heavy atom. The minimum Gasteiger partial charge on any atom is -0.497 e. The molecule has 5 nitrogen and oxygen atoms in total. The number of carbonyl (C=O) groups is 2. The van der Waals surface area contributed by atoms with Crippen LogP contribution in [0.4, 0.5) is 0 Å². The Morgan fingerprint density at radius 3 is 2.37 bits per heavy atom. The van der Waals surface area contributed by atoms with Crippen LogP contribution in [0.15, 0.2) is 24.3 Å². The fourth-order valence-electron chi connectivity index (χ4n) is 2.72. The van der Waals surface area contributed by atoms with Gasteiger partial charge in [0.15, 0.2) is 0 Å². The van der Waals surface area contributed by atoms with Crippen molar-refractivity contribution in [3.8, 4) is 5.75 Å². The molecule has 2 rings (SSSR count). The monoisotopic (exact) mass is 263 g/mol. The van der Waals surface area contributed by atoms with E-state index in [0.29, 0.717) is 5.75 Å². The minimum absolute atomic E-state index is 0.400. The van der Waals surface area contributed by atoms with Crippen molar-refractivity contribution in [3.05, 3.63) is 29.8 Å². The van der Waals surface area contributed by atoms with Crippen LogP contribution in [0, 0.1) is 5.92 Å². The Labute approximate surface area is 111 Å². The summed E-state index contributed by atoms with van der Waals surface area (Å²) in [6.07, 6.45) is 0. The topological polar surface area (TPSA) is 75.6 Å². The third-order valence-corrected chi connectivity index (χ3v) is 3.58. The molecule has 1 aliphatic rings.